The summed E-state index contributed by atoms with van der Waals surface area (Å²) in [6, 6.07) is 8.06. The van der Waals surface area contributed by atoms with Gasteiger partial charge in [0.25, 0.3) is 0 Å². The Labute approximate surface area is 100 Å². The lowest BCUT2D eigenvalue weighted by atomic mass is 10.1. The molecule has 88 valence electrons. The molecule has 1 aliphatic rings. The molecule has 0 saturated heterocycles. The predicted molar refractivity (Wildman–Crippen MR) is 68.4 cm³/mol. The molecule has 1 aliphatic heterocycles. The normalized spacial score (nSPS) is 19.0. The van der Waals surface area contributed by atoms with Crippen molar-refractivity contribution in [2.75, 3.05) is 5.73 Å². The van der Waals surface area contributed by atoms with E-state index in [0.29, 0.717) is 0 Å². The van der Waals surface area contributed by atoms with Crippen LogP contribution < -0.4 is 11.5 Å². The molecule has 17 heavy (non-hydrogen) atoms. The summed E-state index contributed by atoms with van der Waals surface area (Å²) < 4.78 is 2.21. The Bertz CT molecular complexity index is 544. The largest absolute Gasteiger partial charge is 0.399 e. The van der Waals surface area contributed by atoms with E-state index < -0.39 is 0 Å². The molecule has 2 aromatic rings. The van der Waals surface area contributed by atoms with Crippen LogP contribution in [0.2, 0.25) is 0 Å². The van der Waals surface area contributed by atoms with E-state index in [4.69, 9.17) is 11.5 Å². The van der Waals surface area contributed by atoms with Gasteiger partial charge in [0.15, 0.2) is 0 Å². The monoisotopic (exact) mass is 228 g/mol. The van der Waals surface area contributed by atoms with Crippen molar-refractivity contribution in [2.45, 2.75) is 25.4 Å². The number of nitrogens with zero attached hydrogens (tertiary/aromatic N) is 2. The number of aryl methyl sites for hydroxylation is 1. The van der Waals surface area contributed by atoms with Crippen LogP contribution in [0.15, 0.2) is 30.5 Å². The maximum atomic E-state index is 6.01. The summed E-state index contributed by atoms with van der Waals surface area (Å²) in [6.07, 6.45) is 4.00. The van der Waals surface area contributed by atoms with Crippen molar-refractivity contribution in [1.82, 2.24) is 9.55 Å². The topological polar surface area (TPSA) is 69.9 Å². The smallest absolute Gasteiger partial charge is 0.140 e. The Kier molecular flexibility index (Phi) is 2.37. The van der Waals surface area contributed by atoms with Crippen molar-refractivity contribution in [2.24, 2.45) is 5.73 Å². The lowest BCUT2D eigenvalue weighted by Gasteiger charge is -2.22. The molecule has 0 bridgehead atoms. The van der Waals surface area contributed by atoms with E-state index in [2.05, 4.69) is 9.55 Å². The van der Waals surface area contributed by atoms with E-state index in [9.17, 15) is 0 Å². The zero-order valence-electron chi connectivity index (χ0n) is 9.63. The molecule has 0 saturated carbocycles. The van der Waals surface area contributed by atoms with Crippen molar-refractivity contribution >= 4 is 5.69 Å². The van der Waals surface area contributed by atoms with Gasteiger partial charge >= 0.3 is 0 Å². The van der Waals surface area contributed by atoms with Crippen molar-refractivity contribution in [3.63, 3.8) is 0 Å². The Balaban J connectivity index is 2.07. The Hall–Kier alpha value is -1.81. The van der Waals surface area contributed by atoms with Gasteiger partial charge in [0, 0.05) is 35.7 Å². The van der Waals surface area contributed by atoms with Crippen LogP contribution in [0.25, 0.3) is 11.4 Å². The summed E-state index contributed by atoms with van der Waals surface area (Å²) in [4.78, 5) is 4.50. The molecule has 4 heteroatoms. The Morgan fingerprint density at radius 2 is 2.24 bits per heavy atom. The van der Waals surface area contributed by atoms with Gasteiger partial charge in [-0.3, -0.25) is 0 Å². The maximum absolute atomic E-state index is 6.01. The average molecular weight is 228 g/mol. The number of nitrogen functional groups attached to an aromatic ring is 1. The molecule has 4 N–H and O–H groups in total. The minimum atomic E-state index is 0.233. The van der Waals surface area contributed by atoms with Gasteiger partial charge in [-0.1, -0.05) is 12.1 Å². The number of imidazole rings is 1. The van der Waals surface area contributed by atoms with Crippen LogP contribution in [0, 0.1) is 0 Å². The van der Waals surface area contributed by atoms with Crippen LogP contribution in [-0.4, -0.2) is 15.6 Å². The van der Waals surface area contributed by atoms with Gasteiger partial charge in [0.05, 0.1) is 0 Å². The van der Waals surface area contributed by atoms with E-state index in [-0.39, 0.29) is 6.04 Å². The second kappa shape index (κ2) is 3.89. The van der Waals surface area contributed by atoms with Gasteiger partial charge in [-0.2, -0.15) is 0 Å². The average Bonchev–Trinajstić information content (AvgIpc) is 2.71. The van der Waals surface area contributed by atoms with Gasteiger partial charge in [0.2, 0.25) is 0 Å². The summed E-state index contributed by atoms with van der Waals surface area (Å²) in [7, 11) is 0. The fourth-order valence-electron chi connectivity index (χ4n) is 2.38. The highest BCUT2D eigenvalue weighted by atomic mass is 15.1. The molecular weight excluding hydrogens is 212 g/mol. The summed E-state index contributed by atoms with van der Waals surface area (Å²) >= 11 is 0. The second-order valence-corrected chi connectivity index (χ2v) is 4.61. The fraction of sp³-hybridized carbons (Fsp3) is 0.308. The third kappa shape index (κ3) is 1.80. The van der Waals surface area contributed by atoms with E-state index in [1.54, 1.807) is 0 Å². The molecular formula is C13H16N4. The number of hydrogen-bond acceptors (Lipinski definition) is 3. The van der Waals surface area contributed by atoms with Crippen molar-refractivity contribution in [3.05, 3.63) is 36.2 Å². The molecule has 0 amide bonds. The second-order valence-electron chi connectivity index (χ2n) is 4.61. The summed E-state index contributed by atoms with van der Waals surface area (Å²) in [6.45, 7) is 0.847. The third-order valence-corrected chi connectivity index (χ3v) is 3.27. The molecule has 0 fully saturated rings. The minimum absolute atomic E-state index is 0.233. The maximum Gasteiger partial charge on any atom is 0.140 e. The summed E-state index contributed by atoms with van der Waals surface area (Å²) in [5.74, 6) is 0.974. The quantitative estimate of drug-likeness (QED) is 0.725. The van der Waals surface area contributed by atoms with Gasteiger partial charge in [-0.25, -0.2) is 4.98 Å². The lowest BCUT2D eigenvalue weighted by Crippen LogP contribution is -2.31. The summed E-state index contributed by atoms with van der Waals surface area (Å²) in [5, 5.41) is 0. The predicted octanol–water partition coefficient (Wildman–Crippen LogP) is 1.41. The summed E-state index contributed by atoms with van der Waals surface area (Å²) in [5.41, 5.74) is 14.9. The van der Waals surface area contributed by atoms with Crippen molar-refractivity contribution < 1.29 is 0 Å². The number of hydrogen-bond donors (Lipinski definition) is 2. The standard InChI is InChI=1S/C13H16N4/c14-10-3-1-2-9(6-10)13-16-7-12-5-4-11(15)8-17(12)13/h1-3,6-7,11H,4-5,8,14-15H2. The van der Waals surface area contributed by atoms with Crippen LogP contribution in [-0.2, 0) is 13.0 Å². The highest BCUT2D eigenvalue weighted by Crippen LogP contribution is 2.25. The molecule has 1 aromatic heterocycles. The van der Waals surface area contributed by atoms with Crippen LogP contribution in [0.1, 0.15) is 12.1 Å². The highest BCUT2D eigenvalue weighted by Gasteiger charge is 2.19. The molecule has 3 rings (SSSR count). The fourth-order valence-corrected chi connectivity index (χ4v) is 2.38. The zero-order chi connectivity index (χ0) is 11.8. The van der Waals surface area contributed by atoms with E-state index >= 15 is 0 Å². The zero-order valence-corrected chi connectivity index (χ0v) is 9.63. The van der Waals surface area contributed by atoms with Crippen LogP contribution in [0.5, 0.6) is 0 Å². The Morgan fingerprint density at radius 1 is 1.35 bits per heavy atom. The van der Waals surface area contributed by atoms with Gasteiger partial charge in [0.1, 0.15) is 5.82 Å². The van der Waals surface area contributed by atoms with Gasteiger partial charge in [-0.15, -0.1) is 0 Å². The first-order valence-electron chi connectivity index (χ1n) is 5.90. The number of nitrogens with two attached hydrogens (primary N) is 2. The van der Waals surface area contributed by atoms with Gasteiger partial charge < -0.3 is 16.0 Å². The number of aromatic nitrogens is 2. The SMILES string of the molecule is Nc1cccc(-c2ncc3n2CC(N)CC3)c1. The molecule has 0 aliphatic carbocycles. The number of benzene rings is 1. The van der Waals surface area contributed by atoms with Crippen LogP contribution >= 0.6 is 0 Å². The first-order chi connectivity index (χ1) is 8.24. The third-order valence-electron chi connectivity index (χ3n) is 3.27. The van der Waals surface area contributed by atoms with E-state index in [0.717, 1.165) is 36.5 Å². The minimum Gasteiger partial charge on any atom is -0.399 e. The Morgan fingerprint density at radius 3 is 3.06 bits per heavy atom. The molecule has 1 aromatic carbocycles. The lowest BCUT2D eigenvalue weighted by molar-refractivity contribution is 0.463. The van der Waals surface area contributed by atoms with Crippen LogP contribution in [0.4, 0.5) is 5.69 Å². The molecule has 0 spiro atoms. The van der Waals surface area contributed by atoms with Crippen LogP contribution in [0.3, 0.4) is 0 Å². The highest BCUT2D eigenvalue weighted by molar-refractivity contribution is 5.62. The van der Waals surface area contributed by atoms with E-state index in [1.165, 1.54) is 5.69 Å². The molecule has 4 nitrogen and oxygen atoms in total. The first-order valence-corrected chi connectivity index (χ1v) is 5.90. The number of anilines is 1. The number of fused-ring (bicyclic) bond motifs is 1. The van der Waals surface area contributed by atoms with Crippen molar-refractivity contribution in [3.8, 4) is 11.4 Å². The molecule has 1 unspecified atom stereocenters. The van der Waals surface area contributed by atoms with Crippen molar-refractivity contribution in [1.29, 1.82) is 0 Å². The first kappa shape index (κ1) is 10.4. The molecule has 2 heterocycles. The van der Waals surface area contributed by atoms with E-state index in [1.807, 2.05) is 30.5 Å². The van der Waals surface area contributed by atoms with Gasteiger partial charge in [-0.05, 0) is 25.0 Å². The number of rotatable bonds is 1. The molecule has 1 atom stereocenters. The molecule has 0 radical (unpaired) electrons.